The smallest absolute Gasteiger partial charge is 0.225 e. The molecule has 3 rings (SSSR count). The van der Waals surface area contributed by atoms with Crippen molar-refractivity contribution in [1.82, 2.24) is 10.6 Å². The minimum atomic E-state index is 0.153. The number of carbonyl (C=O) groups excluding carboxylic acids is 1. The van der Waals surface area contributed by atoms with Crippen LogP contribution in [0.5, 0.6) is 0 Å². The highest BCUT2D eigenvalue weighted by Crippen LogP contribution is 2.18. The maximum absolute atomic E-state index is 11.8. The van der Waals surface area contributed by atoms with Crippen molar-refractivity contribution in [3.8, 4) is 0 Å². The van der Waals surface area contributed by atoms with E-state index in [9.17, 15) is 4.79 Å². The molecule has 0 saturated carbocycles. The maximum Gasteiger partial charge on any atom is 0.225 e. The van der Waals surface area contributed by atoms with Gasteiger partial charge in [0.2, 0.25) is 5.91 Å². The first-order valence-corrected chi connectivity index (χ1v) is 6.29. The van der Waals surface area contributed by atoms with Crippen molar-refractivity contribution in [3.05, 3.63) is 48.0 Å². The minimum Gasteiger partial charge on any atom is -0.352 e. The third-order valence-corrected chi connectivity index (χ3v) is 3.49. The second kappa shape index (κ2) is 4.78. The zero-order chi connectivity index (χ0) is 12.4. The van der Waals surface area contributed by atoms with Crippen LogP contribution in [0.15, 0.2) is 42.5 Å². The van der Waals surface area contributed by atoms with Gasteiger partial charge in [0.15, 0.2) is 0 Å². The van der Waals surface area contributed by atoms with Crippen LogP contribution >= 0.6 is 0 Å². The zero-order valence-corrected chi connectivity index (χ0v) is 10.1. The third-order valence-electron chi connectivity index (χ3n) is 3.49. The van der Waals surface area contributed by atoms with Crippen LogP contribution in [0.3, 0.4) is 0 Å². The molecular weight excluding hydrogens is 224 g/mol. The quantitative estimate of drug-likeness (QED) is 0.857. The zero-order valence-electron chi connectivity index (χ0n) is 10.1. The van der Waals surface area contributed by atoms with Gasteiger partial charge in [-0.25, -0.2) is 0 Å². The van der Waals surface area contributed by atoms with E-state index in [0.29, 0.717) is 6.54 Å². The van der Waals surface area contributed by atoms with Gasteiger partial charge in [0.1, 0.15) is 0 Å². The molecule has 2 N–H and O–H groups in total. The van der Waals surface area contributed by atoms with E-state index in [4.69, 9.17) is 0 Å². The van der Waals surface area contributed by atoms with E-state index in [-0.39, 0.29) is 11.8 Å². The predicted octanol–water partition coefficient (Wildman–Crippen LogP) is 1.68. The molecule has 92 valence electrons. The molecule has 3 heteroatoms. The van der Waals surface area contributed by atoms with Gasteiger partial charge in [-0.2, -0.15) is 0 Å². The predicted molar refractivity (Wildman–Crippen MR) is 72.2 cm³/mol. The van der Waals surface area contributed by atoms with Crippen molar-refractivity contribution in [2.75, 3.05) is 13.1 Å². The van der Waals surface area contributed by atoms with E-state index < -0.39 is 0 Å². The molecule has 2 aromatic carbocycles. The van der Waals surface area contributed by atoms with Gasteiger partial charge in [0, 0.05) is 19.6 Å². The molecule has 1 saturated heterocycles. The second-order valence-electron chi connectivity index (χ2n) is 4.71. The number of nitrogens with one attached hydrogen (secondary N) is 2. The molecule has 1 heterocycles. The SMILES string of the molecule is O=C(NCc1cccc2ccccc12)C1CNC1. The van der Waals surface area contributed by atoms with Gasteiger partial charge < -0.3 is 10.6 Å². The lowest BCUT2D eigenvalue weighted by atomic mass is 10.0. The van der Waals surface area contributed by atoms with E-state index in [1.807, 2.05) is 18.2 Å². The van der Waals surface area contributed by atoms with Crippen LogP contribution in [0.4, 0.5) is 0 Å². The van der Waals surface area contributed by atoms with Gasteiger partial charge in [-0.1, -0.05) is 42.5 Å². The molecule has 2 aromatic rings. The highest BCUT2D eigenvalue weighted by Gasteiger charge is 2.24. The maximum atomic E-state index is 11.8. The summed E-state index contributed by atoms with van der Waals surface area (Å²) in [6, 6.07) is 14.5. The molecule has 1 fully saturated rings. The van der Waals surface area contributed by atoms with E-state index >= 15 is 0 Å². The van der Waals surface area contributed by atoms with Gasteiger partial charge in [-0.05, 0) is 16.3 Å². The van der Waals surface area contributed by atoms with Crippen LogP contribution in [0.2, 0.25) is 0 Å². The van der Waals surface area contributed by atoms with E-state index in [1.54, 1.807) is 0 Å². The van der Waals surface area contributed by atoms with Gasteiger partial charge >= 0.3 is 0 Å². The number of hydrogen-bond donors (Lipinski definition) is 2. The Morgan fingerprint density at radius 1 is 1.17 bits per heavy atom. The first-order chi connectivity index (χ1) is 8.84. The van der Waals surface area contributed by atoms with E-state index in [1.165, 1.54) is 16.3 Å². The second-order valence-corrected chi connectivity index (χ2v) is 4.71. The van der Waals surface area contributed by atoms with Crippen molar-refractivity contribution in [2.45, 2.75) is 6.54 Å². The van der Waals surface area contributed by atoms with E-state index in [2.05, 4.69) is 34.9 Å². The van der Waals surface area contributed by atoms with Crippen LogP contribution in [-0.4, -0.2) is 19.0 Å². The molecule has 1 aliphatic rings. The van der Waals surface area contributed by atoms with Crippen molar-refractivity contribution in [2.24, 2.45) is 5.92 Å². The molecule has 0 unspecified atom stereocenters. The lowest BCUT2D eigenvalue weighted by Gasteiger charge is -2.25. The van der Waals surface area contributed by atoms with Crippen LogP contribution < -0.4 is 10.6 Å². The summed E-state index contributed by atoms with van der Waals surface area (Å²) in [4.78, 5) is 11.8. The standard InChI is InChI=1S/C15H16N2O/c18-15(13-8-16-9-13)17-10-12-6-3-5-11-4-1-2-7-14(11)12/h1-7,13,16H,8-10H2,(H,17,18). The molecule has 0 spiro atoms. The fraction of sp³-hybridized carbons (Fsp3) is 0.267. The van der Waals surface area contributed by atoms with Gasteiger partial charge in [-0.3, -0.25) is 4.79 Å². The third kappa shape index (κ3) is 2.09. The van der Waals surface area contributed by atoms with E-state index in [0.717, 1.165) is 13.1 Å². The summed E-state index contributed by atoms with van der Waals surface area (Å²) in [5.41, 5.74) is 1.17. The molecule has 0 aliphatic carbocycles. The van der Waals surface area contributed by atoms with Crippen LogP contribution in [0.1, 0.15) is 5.56 Å². The largest absolute Gasteiger partial charge is 0.352 e. The summed E-state index contributed by atoms with van der Waals surface area (Å²) in [5, 5.41) is 8.56. The number of fused-ring (bicyclic) bond motifs is 1. The summed E-state index contributed by atoms with van der Waals surface area (Å²) in [6.45, 7) is 2.22. The Kier molecular flexibility index (Phi) is 2.99. The highest BCUT2D eigenvalue weighted by molar-refractivity contribution is 5.86. The van der Waals surface area contributed by atoms with Crippen molar-refractivity contribution < 1.29 is 4.79 Å². The average Bonchev–Trinajstić information content (AvgIpc) is 2.34. The lowest BCUT2D eigenvalue weighted by Crippen LogP contribution is -2.50. The van der Waals surface area contributed by atoms with Crippen molar-refractivity contribution in [1.29, 1.82) is 0 Å². The summed E-state index contributed by atoms with van der Waals surface area (Å²) in [7, 11) is 0. The Labute approximate surface area is 106 Å². The minimum absolute atomic E-state index is 0.153. The summed E-state index contributed by atoms with van der Waals surface area (Å²) >= 11 is 0. The molecule has 3 nitrogen and oxygen atoms in total. The summed E-state index contributed by atoms with van der Waals surface area (Å²) in [5.74, 6) is 0.307. The Morgan fingerprint density at radius 2 is 1.94 bits per heavy atom. The molecule has 0 aromatic heterocycles. The number of benzene rings is 2. The lowest BCUT2D eigenvalue weighted by molar-refractivity contribution is -0.126. The first kappa shape index (κ1) is 11.2. The van der Waals surface area contributed by atoms with Gasteiger partial charge in [0.05, 0.1) is 5.92 Å². The van der Waals surface area contributed by atoms with Crippen LogP contribution in [0, 0.1) is 5.92 Å². The van der Waals surface area contributed by atoms with Crippen LogP contribution in [0.25, 0.3) is 10.8 Å². The van der Waals surface area contributed by atoms with Gasteiger partial charge in [0.25, 0.3) is 0 Å². The number of rotatable bonds is 3. The van der Waals surface area contributed by atoms with Crippen LogP contribution in [-0.2, 0) is 11.3 Å². The molecule has 0 bridgehead atoms. The molecular formula is C15H16N2O. The number of hydrogen-bond acceptors (Lipinski definition) is 2. The Hall–Kier alpha value is -1.87. The summed E-state index contributed by atoms with van der Waals surface area (Å²) in [6.07, 6.45) is 0. The number of amides is 1. The molecule has 0 atom stereocenters. The van der Waals surface area contributed by atoms with Crippen molar-refractivity contribution >= 4 is 16.7 Å². The monoisotopic (exact) mass is 240 g/mol. The average molecular weight is 240 g/mol. The summed E-state index contributed by atoms with van der Waals surface area (Å²) < 4.78 is 0. The fourth-order valence-corrected chi connectivity index (χ4v) is 2.25. The first-order valence-electron chi connectivity index (χ1n) is 6.29. The topological polar surface area (TPSA) is 41.1 Å². The van der Waals surface area contributed by atoms with Crippen molar-refractivity contribution in [3.63, 3.8) is 0 Å². The Bertz CT molecular complexity index is 570. The van der Waals surface area contributed by atoms with Gasteiger partial charge in [-0.15, -0.1) is 0 Å². The molecule has 0 radical (unpaired) electrons. The molecule has 18 heavy (non-hydrogen) atoms. The Morgan fingerprint density at radius 3 is 2.72 bits per heavy atom. The normalized spacial score (nSPS) is 15.3. The molecule has 1 amide bonds. The number of carbonyl (C=O) groups is 1. The molecule has 1 aliphatic heterocycles. The highest BCUT2D eigenvalue weighted by atomic mass is 16.2. The Balaban J connectivity index is 1.76. The fourth-order valence-electron chi connectivity index (χ4n) is 2.25.